The quantitative estimate of drug-likeness (QED) is 0.504. The summed E-state index contributed by atoms with van der Waals surface area (Å²) in [6.45, 7) is 10.3. The summed E-state index contributed by atoms with van der Waals surface area (Å²) < 4.78 is 5.50. The fourth-order valence-corrected chi connectivity index (χ4v) is 1.73. The fraction of sp³-hybridized carbons (Fsp3) is 1.00. The number of hydrogen-bond acceptors (Lipinski definition) is 4. The second kappa shape index (κ2) is 4.71. The van der Waals surface area contributed by atoms with Gasteiger partial charge in [-0.25, -0.2) is 0 Å². The highest BCUT2D eigenvalue weighted by molar-refractivity contribution is 6.76. The molecule has 0 aliphatic carbocycles. The van der Waals surface area contributed by atoms with Gasteiger partial charge >= 0.3 is 0 Å². The van der Waals surface area contributed by atoms with Gasteiger partial charge in [-0.05, 0) is 6.04 Å². The normalized spacial score (nSPS) is 17.0. The zero-order chi connectivity index (χ0) is 9.73. The molecule has 0 radical (unpaired) electrons. The van der Waals surface area contributed by atoms with Crippen molar-refractivity contribution in [3.63, 3.8) is 0 Å². The Bertz CT molecular complexity index is 179. The highest BCUT2D eigenvalue weighted by Gasteiger charge is 2.13. The molecule has 0 atom stereocenters. The first-order valence-corrected chi connectivity index (χ1v) is 8.49. The lowest BCUT2D eigenvalue weighted by Gasteiger charge is -2.17. The van der Waals surface area contributed by atoms with Gasteiger partial charge in [0.2, 0.25) is 0 Å². The van der Waals surface area contributed by atoms with Gasteiger partial charge < -0.3 is 4.74 Å². The van der Waals surface area contributed by atoms with Crippen LogP contribution in [0.15, 0.2) is 10.3 Å². The smallest absolute Gasteiger partial charge is 0.136 e. The Morgan fingerprint density at radius 3 is 2.69 bits per heavy atom. The molecule has 1 aliphatic heterocycles. The molecule has 0 aromatic carbocycles. The fourth-order valence-electron chi connectivity index (χ4n) is 0.978. The Balaban J connectivity index is 1.98. The summed E-state index contributed by atoms with van der Waals surface area (Å²) in [5.74, 6) is 0. The van der Waals surface area contributed by atoms with Gasteiger partial charge in [-0.2, -0.15) is 5.11 Å². The molecule has 1 heterocycles. The first-order chi connectivity index (χ1) is 6.08. The lowest BCUT2D eigenvalue weighted by Crippen LogP contribution is -2.24. The molecule has 0 spiro atoms. The van der Waals surface area contributed by atoms with E-state index >= 15 is 0 Å². The zero-order valence-corrected chi connectivity index (χ0v) is 9.79. The topological polar surface area (TPSA) is 37.2 Å². The maximum Gasteiger partial charge on any atom is 0.136 e. The van der Waals surface area contributed by atoms with Crippen LogP contribution in [0.5, 0.6) is 0 Å². The number of rotatable bonds is 5. The summed E-state index contributed by atoms with van der Waals surface area (Å²) in [5.41, 5.74) is 0. The van der Waals surface area contributed by atoms with E-state index in [1.54, 1.807) is 0 Å². The Kier molecular flexibility index (Phi) is 3.86. The van der Waals surface area contributed by atoms with Crippen LogP contribution in [0, 0.1) is 0 Å². The van der Waals surface area contributed by atoms with Crippen molar-refractivity contribution in [2.45, 2.75) is 25.7 Å². The van der Waals surface area contributed by atoms with E-state index in [0.717, 1.165) is 19.7 Å². The van der Waals surface area contributed by atoms with E-state index in [0.29, 0.717) is 6.73 Å². The predicted octanol–water partition coefficient (Wildman–Crippen LogP) is 1.98. The average Bonchev–Trinajstić information content (AvgIpc) is 2.48. The molecular formula is C8H19N3OSi. The van der Waals surface area contributed by atoms with Gasteiger partial charge in [-0.3, -0.25) is 5.01 Å². The lowest BCUT2D eigenvalue weighted by molar-refractivity contribution is 0.0433. The summed E-state index contributed by atoms with van der Waals surface area (Å²) in [5, 5.41) is 9.65. The molecule has 0 aromatic heterocycles. The maximum absolute atomic E-state index is 5.50. The van der Waals surface area contributed by atoms with E-state index in [1.165, 1.54) is 6.04 Å². The Morgan fingerprint density at radius 2 is 2.15 bits per heavy atom. The maximum atomic E-state index is 5.50. The summed E-state index contributed by atoms with van der Waals surface area (Å²) >= 11 is 0. The van der Waals surface area contributed by atoms with Crippen molar-refractivity contribution in [3.8, 4) is 0 Å². The highest BCUT2D eigenvalue weighted by atomic mass is 28.3. The second-order valence-electron chi connectivity index (χ2n) is 4.53. The zero-order valence-electron chi connectivity index (χ0n) is 8.79. The first-order valence-electron chi connectivity index (χ1n) is 4.78. The van der Waals surface area contributed by atoms with Crippen molar-refractivity contribution in [1.82, 2.24) is 5.01 Å². The van der Waals surface area contributed by atoms with E-state index in [9.17, 15) is 0 Å². The van der Waals surface area contributed by atoms with Crippen LogP contribution >= 0.6 is 0 Å². The Morgan fingerprint density at radius 1 is 1.38 bits per heavy atom. The van der Waals surface area contributed by atoms with Gasteiger partial charge in [0, 0.05) is 14.7 Å². The molecule has 0 aromatic rings. The van der Waals surface area contributed by atoms with E-state index in [-0.39, 0.29) is 0 Å². The SMILES string of the molecule is C[Si](C)(C)CCOCN1CCN=N1. The van der Waals surface area contributed by atoms with Crippen LogP contribution in [0.1, 0.15) is 0 Å². The van der Waals surface area contributed by atoms with Crippen LogP contribution in [0.2, 0.25) is 25.7 Å². The first kappa shape index (κ1) is 10.7. The second-order valence-corrected chi connectivity index (χ2v) is 10.2. The number of hydrogen-bond donors (Lipinski definition) is 0. The lowest BCUT2D eigenvalue weighted by atomic mass is 10.6. The van der Waals surface area contributed by atoms with Crippen molar-refractivity contribution < 1.29 is 4.74 Å². The highest BCUT2D eigenvalue weighted by Crippen LogP contribution is 2.08. The summed E-state index contributed by atoms with van der Waals surface area (Å²) in [6, 6.07) is 1.22. The van der Waals surface area contributed by atoms with E-state index in [1.807, 2.05) is 5.01 Å². The minimum atomic E-state index is -0.932. The molecule has 0 N–H and O–H groups in total. The number of ether oxygens (including phenoxy) is 1. The molecule has 0 saturated carbocycles. The molecule has 4 nitrogen and oxygen atoms in total. The van der Waals surface area contributed by atoms with Crippen molar-refractivity contribution in [3.05, 3.63) is 0 Å². The minimum absolute atomic E-state index is 0.605. The monoisotopic (exact) mass is 201 g/mol. The molecule has 0 bridgehead atoms. The van der Waals surface area contributed by atoms with E-state index < -0.39 is 8.07 Å². The summed E-state index contributed by atoms with van der Waals surface area (Å²) in [4.78, 5) is 0. The standard InChI is InChI=1S/C8H19N3OSi/c1-13(2,3)7-6-12-8-11-5-4-9-10-11/h4-8H2,1-3H3. The number of nitrogens with zero attached hydrogens (tertiary/aromatic N) is 3. The van der Waals surface area contributed by atoms with Crippen LogP contribution in [-0.2, 0) is 4.74 Å². The largest absolute Gasteiger partial charge is 0.360 e. The van der Waals surface area contributed by atoms with Crippen LogP contribution in [0.25, 0.3) is 0 Å². The molecule has 0 saturated heterocycles. The average molecular weight is 201 g/mol. The predicted molar refractivity (Wildman–Crippen MR) is 55.4 cm³/mol. The van der Waals surface area contributed by atoms with Crippen LogP contribution in [0.4, 0.5) is 0 Å². The van der Waals surface area contributed by atoms with Gasteiger partial charge in [0.25, 0.3) is 0 Å². The molecular weight excluding hydrogens is 182 g/mol. The third-order valence-corrected chi connectivity index (χ3v) is 3.59. The molecule has 5 heteroatoms. The molecule has 0 unspecified atom stereocenters. The van der Waals surface area contributed by atoms with Gasteiger partial charge in [0.1, 0.15) is 6.73 Å². The molecule has 1 aliphatic rings. The van der Waals surface area contributed by atoms with Gasteiger partial charge in [0.05, 0.1) is 13.1 Å². The van der Waals surface area contributed by atoms with Gasteiger partial charge in [0.15, 0.2) is 0 Å². The molecule has 0 amide bonds. The Hall–Kier alpha value is -0.423. The van der Waals surface area contributed by atoms with Crippen molar-refractivity contribution in [2.75, 3.05) is 26.4 Å². The van der Waals surface area contributed by atoms with E-state index in [2.05, 4.69) is 30.0 Å². The van der Waals surface area contributed by atoms with Crippen molar-refractivity contribution in [2.24, 2.45) is 10.3 Å². The molecule has 76 valence electrons. The summed E-state index contributed by atoms with van der Waals surface area (Å²) in [7, 11) is -0.932. The third-order valence-electron chi connectivity index (χ3n) is 1.88. The summed E-state index contributed by atoms with van der Waals surface area (Å²) in [6.07, 6.45) is 0. The van der Waals surface area contributed by atoms with Gasteiger partial charge in [-0.15, -0.1) is 0 Å². The minimum Gasteiger partial charge on any atom is -0.360 e. The molecule has 13 heavy (non-hydrogen) atoms. The van der Waals surface area contributed by atoms with Crippen LogP contribution in [-0.4, -0.2) is 39.5 Å². The van der Waals surface area contributed by atoms with Gasteiger partial charge in [-0.1, -0.05) is 24.9 Å². The van der Waals surface area contributed by atoms with Crippen LogP contribution in [0.3, 0.4) is 0 Å². The van der Waals surface area contributed by atoms with E-state index in [4.69, 9.17) is 4.74 Å². The molecule has 1 rings (SSSR count). The van der Waals surface area contributed by atoms with Crippen molar-refractivity contribution >= 4 is 8.07 Å². The molecule has 0 fully saturated rings. The Labute approximate surface area is 81.0 Å². The third kappa shape index (κ3) is 5.00. The van der Waals surface area contributed by atoms with Crippen LogP contribution < -0.4 is 0 Å². The van der Waals surface area contributed by atoms with Crippen molar-refractivity contribution in [1.29, 1.82) is 0 Å².